The van der Waals surface area contributed by atoms with Crippen molar-refractivity contribution >= 4 is 0 Å². The molecule has 0 heteroatoms. The maximum atomic E-state index is 3.26. The average molecular weight is 160 g/mol. The predicted octanol–water partition coefficient (Wildman–Crippen LogP) is 3.53. The molecule has 0 aromatic heterocycles. The zero-order chi connectivity index (χ0) is 9.14. The smallest absolute Gasteiger partial charge is 0.0137 e. The Hall–Kier alpha value is -0.780. The molecule has 0 amide bonds. The Labute approximate surface area is 75.6 Å². The molecule has 12 heavy (non-hydrogen) atoms. The van der Waals surface area contributed by atoms with Gasteiger partial charge in [-0.3, -0.25) is 0 Å². The van der Waals surface area contributed by atoms with E-state index in [2.05, 4.69) is 52.0 Å². The fourth-order valence-electron chi connectivity index (χ4n) is 1.07. The highest BCUT2D eigenvalue weighted by molar-refractivity contribution is 5.23. The summed E-state index contributed by atoms with van der Waals surface area (Å²) in [5.41, 5.74) is 2.50. The van der Waals surface area contributed by atoms with Gasteiger partial charge in [0.2, 0.25) is 0 Å². The molecule has 0 unspecified atom stereocenters. The van der Waals surface area contributed by atoms with Crippen LogP contribution in [0.2, 0.25) is 0 Å². The molecule has 0 spiro atoms. The molecule has 0 aliphatic carbocycles. The summed E-state index contributed by atoms with van der Waals surface area (Å²) >= 11 is 0. The third-order valence-electron chi connectivity index (χ3n) is 2.03. The molecule has 0 heterocycles. The van der Waals surface area contributed by atoms with E-state index in [1.54, 1.807) is 0 Å². The van der Waals surface area contributed by atoms with E-state index in [-0.39, 0.29) is 0 Å². The minimum absolute atomic E-state index is 0.534. The minimum Gasteiger partial charge on any atom is -0.0587 e. The second-order valence-electron chi connectivity index (χ2n) is 3.80. The second-order valence-corrected chi connectivity index (χ2v) is 3.80. The minimum atomic E-state index is 0.534. The Morgan fingerprint density at radius 3 is 1.75 bits per heavy atom. The summed E-state index contributed by atoms with van der Waals surface area (Å²) < 4.78 is 0. The van der Waals surface area contributed by atoms with Gasteiger partial charge in [0.1, 0.15) is 0 Å². The van der Waals surface area contributed by atoms with Crippen LogP contribution in [0, 0.1) is 12.1 Å². The zero-order valence-electron chi connectivity index (χ0n) is 8.31. The lowest BCUT2D eigenvalue weighted by molar-refractivity contribution is 0.841. The standard InChI is InChI=1S/C12H16/c1-9(2)11-5-7-12(8-6-11)10(3)4/h5-6,9-10H,1-4H3. The summed E-state index contributed by atoms with van der Waals surface area (Å²) in [5.74, 6) is 1.12. The summed E-state index contributed by atoms with van der Waals surface area (Å²) in [4.78, 5) is 0. The van der Waals surface area contributed by atoms with E-state index in [1.165, 1.54) is 11.1 Å². The maximum absolute atomic E-state index is 3.26. The molecule has 0 nitrogen and oxygen atoms in total. The first-order valence-electron chi connectivity index (χ1n) is 4.54. The molecule has 0 aliphatic heterocycles. The van der Waals surface area contributed by atoms with Gasteiger partial charge in [-0.2, -0.15) is 0 Å². The molecule has 0 atom stereocenters. The van der Waals surface area contributed by atoms with Crippen LogP contribution in [0.4, 0.5) is 0 Å². The summed E-state index contributed by atoms with van der Waals surface area (Å²) in [7, 11) is 0. The summed E-state index contributed by atoms with van der Waals surface area (Å²) in [6, 6.07) is 10.7. The van der Waals surface area contributed by atoms with E-state index in [0.29, 0.717) is 11.8 Å². The Balaban J connectivity index is 2.86. The van der Waals surface area contributed by atoms with Crippen molar-refractivity contribution < 1.29 is 0 Å². The van der Waals surface area contributed by atoms with Crippen LogP contribution in [-0.4, -0.2) is 0 Å². The van der Waals surface area contributed by atoms with Gasteiger partial charge in [0.15, 0.2) is 0 Å². The topological polar surface area (TPSA) is 0 Å². The summed E-state index contributed by atoms with van der Waals surface area (Å²) in [6.07, 6.45) is 0. The van der Waals surface area contributed by atoms with Crippen LogP contribution in [0.3, 0.4) is 0 Å². The highest BCUT2D eigenvalue weighted by atomic mass is 14.1. The van der Waals surface area contributed by atoms with Gasteiger partial charge in [-0.25, -0.2) is 0 Å². The van der Waals surface area contributed by atoms with Crippen molar-refractivity contribution in [1.29, 1.82) is 0 Å². The third kappa shape index (κ3) is 2.10. The lowest BCUT2D eigenvalue weighted by atomic mass is 9.97. The number of hydrogen-bond donors (Lipinski definition) is 0. The van der Waals surface area contributed by atoms with Crippen LogP contribution in [0.5, 0.6) is 0 Å². The van der Waals surface area contributed by atoms with Gasteiger partial charge in [-0.1, -0.05) is 39.8 Å². The van der Waals surface area contributed by atoms with Crippen molar-refractivity contribution in [2.45, 2.75) is 39.5 Å². The Morgan fingerprint density at radius 1 is 0.917 bits per heavy atom. The normalized spacial score (nSPS) is 11.2. The Bertz CT molecular complexity index is 202. The van der Waals surface area contributed by atoms with Gasteiger partial charge >= 0.3 is 0 Å². The molecule has 0 fully saturated rings. The first kappa shape index (κ1) is 9.31. The van der Waals surface area contributed by atoms with Crippen molar-refractivity contribution in [3.8, 4) is 0 Å². The molecule has 1 aromatic rings. The average Bonchev–Trinajstić information content (AvgIpc) is 2.04. The molecular formula is C12H16. The fraction of sp³-hybridized carbons (Fsp3) is 0.500. The summed E-state index contributed by atoms with van der Waals surface area (Å²) in [6.45, 7) is 8.70. The van der Waals surface area contributed by atoms with E-state index in [1.807, 2.05) is 0 Å². The van der Waals surface area contributed by atoms with Crippen molar-refractivity contribution in [1.82, 2.24) is 0 Å². The number of benzene rings is 1. The first-order chi connectivity index (χ1) is 5.61. The Kier molecular flexibility index (Phi) is 2.91. The largest absolute Gasteiger partial charge is 0.0587 e. The fourth-order valence-corrected chi connectivity index (χ4v) is 1.07. The molecule has 0 saturated heterocycles. The van der Waals surface area contributed by atoms with Crippen LogP contribution in [-0.2, 0) is 0 Å². The molecule has 1 aromatic carbocycles. The lowest BCUT2D eigenvalue weighted by Gasteiger charge is -2.07. The van der Waals surface area contributed by atoms with Gasteiger partial charge in [-0.05, 0) is 35.1 Å². The van der Waals surface area contributed by atoms with Gasteiger partial charge in [0, 0.05) is 0 Å². The van der Waals surface area contributed by atoms with E-state index < -0.39 is 0 Å². The van der Waals surface area contributed by atoms with Crippen LogP contribution < -0.4 is 0 Å². The van der Waals surface area contributed by atoms with Gasteiger partial charge < -0.3 is 0 Å². The van der Waals surface area contributed by atoms with E-state index in [9.17, 15) is 0 Å². The SMILES string of the molecule is CC(C)c1[c]cc(C(C)C)c[c]1. The van der Waals surface area contributed by atoms with E-state index >= 15 is 0 Å². The zero-order valence-corrected chi connectivity index (χ0v) is 8.31. The predicted molar refractivity (Wildman–Crippen MR) is 52.3 cm³/mol. The van der Waals surface area contributed by atoms with Crippen molar-refractivity contribution in [2.24, 2.45) is 0 Å². The molecule has 0 N–H and O–H groups in total. The Morgan fingerprint density at radius 2 is 1.42 bits per heavy atom. The number of hydrogen-bond acceptors (Lipinski definition) is 0. The molecule has 0 bridgehead atoms. The van der Waals surface area contributed by atoms with Gasteiger partial charge in [0.25, 0.3) is 0 Å². The molecule has 0 aliphatic rings. The lowest BCUT2D eigenvalue weighted by Crippen LogP contribution is -1.91. The molecule has 2 radical (unpaired) electrons. The van der Waals surface area contributed by atoms with Gasteiger partial charge in [-0.15, -0.1) is 0 Å². The molecule has 0 saturated carbocycles. The third-order valence-corrected chi connectivity index (χ3v) is 2.03. The van der Waals surface area contributed by atoms with E-state index in [0.717, 1.165) is 0 Å². The van der Waals surface area contributed by atoms with Crippen LogP contribution in [0.25, 0.3) is 0 Å². The molecular weight excluding hydrogens is 144 g/mol. The van der Waals surface area contributed by atoms with Crippen molar-refractivity contribution in [2.75, 3.05) is 0 Å². The molecule has 1 rings (SSSR count). The number of rotatable bonds is 2. The summed E-state index contributed by atoms with van der Waals surface area (Å²) in [5, 5.41) is 0. The first-order valence-corrected chi connectivity index (χ1v) is 4.54. The van der Waals surface area contributed by atoms with E-state index in [4.69, 9.17) is 0 Å². The monoisotopic (exact) mass is 160 g/mol. The van der Waals surface area contributed by atoms with Crippen LogP contribution in [0.15, 0.2) is 12.1 Å². The van der Waals surface area contributed by atoms with Crippen molar-refractivity contribution in [3.05, 3.63) is 35.4 Å². The highest BCUT2D eigenvalue weighted by Gasteiger charge is 2.01. The van der Waals surface area contributed by atoms with Crippen molar-refractivity contribution in [3.63, 3.8) is 0 Å². The quantitative estimate of drug-likeness (QED) is 0.620. The van der Waals surface area contributed by atoms with Gasteiger partial charge in [0.05, 0.1) is 0 Å². The van der Waals surface area contributed by atoms with Crippen LogP contribution in [0.1, 0.15) is 50.7 Å². The molecule has 64 valence electrons. The highest BCUT2D eigenvalue weighted by Crippen LogP contribution is 2.17. The second kappa shape index (κ2) is 3.75. The van der Waals surface area contributed by atoms with Crippen LogP contribution >= 0.6 is 0 Å². The maximum Gasteiger partial charge on any atom is -0.0137 e.